The molecule has 1 aromatic carbocycles. The average molecular weight is 623 g/mol. The molecule has 0 N–H and O–H groups in total. The van der Waals surface area contributed by atoms with Gasteiger partial charge in [-0.2, -0.15) is 0 Å². The van der Waals surface area contributed by atoms with Crippen molar-refractivity contribution >= 4 is 11.9 Å². The van der Waals surface area contributed by atoms with Crippen molar-refractivity contribution in [2.45, 2.75) is 138 Å². The van der Waals surface area contributed by atoms with Crippen molar-refractivity contribution in [2.24, 2.45) is 45.3 Å². The van der Waals surface area contributed by atoms with Crippen LogP contribution in [0.3, 0.4) is 0 Å². The predicted octanol–water partition coefficient (Wildman–Crippen LogP) is 10.3. The summed E-state index contributed by atoms with van der Waals surface area (Å²) in [6.07, 6.45) is 8.25. The van der Waals surface area contributed by atoms with Gasteiger partial charge in [-0.25, -0.2) is 9.18 Å². The number of esters is 2. The lowest BCUT2D eigenvalue weighted by Gasteiger charge is -2.62. The summed E-state index contributed by atoms with van der Waals surface area (Å²) in [7, 11) is 0. The number of ether oxygens (including phenoxy) is 2. The Bertz CT molecular complexity index is 1270. The molecule has 2 fully saturated rings. The lowest BCUT2D eigenvalue weighted by atomic mass is 9.42. The van der Waals surface area contributed by atoms with E-state index in [1.165, 1.54) is 24.0 Å². The van der Waals surface area contributed by atoms with Crippen molar-refractivity contribution in [3.8, 4) is 0 Å². The number of allylic oxidation sites excluding steroid dienone is 2. The third kappa shape index (κ3) is 5.71. The highest BCUT2D eigenvalue weighted by molar-refractivity contribution is 5.89. The van der Waals surface area contributed by atoms with Gasteiger partial charge in [-0.05, 0) is 98.5 Å². The number of rotatable bonds is 10. The fourth-order valence-corrected chi connectivity index (χ4v) is 11.2. The number of halogens is 1. The molecule has 0 bridgehead atoms. The molecule has 0 radical (unpaired) electrons. The van der Waals surface area contributed by atoms with E-state index in [9.17, 15) is 9.59 Å². The van der Waals surface area contributed by atoms with Crippen molar-refractivity contribution in [3.05, 3.63) is 47.0 Å². The topological polar surface area (TPSA) is 52.6 Å². The number of carbonyl (C=O) groups excluding carboxylic acids is 2. The van der Waals surface area contributed by atoms with E-state index in [1.807, 2.05) is 37.3 Å². The Morgan fingerprint density at radius 2 is 1.67 bits per heavy atom. The first-order valence-electron chi connectivity index (χ1n) is 18.0. The molecule has 4 nitrogen and oxygen atoms in total. The summed E-state index contributed by atoms with van der Waals surface area (Å²) < 4.78 is 29.0. The Hall–Kier alpha value is -2.17. The SMILES string of the molecule is CCOC(=O)C[C@]12C3=C(CC[C@]1(C)[C@@H]([C@H](C)CCCC(C)C)CC2F)[C@@]1(C)CC[C@H](OC(=O)c2ccccc2)C(C)(C)C1CC3. The van der Waals surface area contributed by atoms with Crippen LogP contribution < -0.4 is 0 Å². The quantitative estimate of drug-likeness (QED) is 0.192. The number of hydrogen-bond donors (Lipinski definition) is 0. The Morgan fingerprint density at radius 1 is 0.956 bits per heavy atom. The molecule has 2 saturated carbocycles. The number of carbonyl (C=O) groups is 2. The average Bonchev–Trinajstić information content (AvgIpc) is 3.21. The van der Waals surface area contributed by atoms with Crippen LogP contribution in [-0.4, -0.2) is 30.8 Å². The summed E-state index contributed by atoms with van der Waals surface area (Å²) in [6.45, 7) is 18.3. The van der Waals surface area contributed by atoms with E-state index >= 15 is 4.39 Å². The van der Waals surface area contributed by atoms with E-state index in [0.29, 0.717) is 36.3 Å². The van der Waals surface area contributed by atoms with E-state index in [2.05, 4.69) is 48.5 Å². The van der Waals surface area contributed by atoms with Crippen molar-refractivity contribution < 1.29 is 23.5 Å². The van der Waals surface area contributed by atoms with Gasteiger partial charge in [0.1, 0.15) is 12.3 Å². The van der Waals surface area contributed by atoms with E-state index in [-0.39, 0.29) is 46.6 Å². The highest BCUT2D eigenvalue weighted by atomic mass is 19.1. The molecule has 5 heteroatoms. The molecule has 8 atom stereocenters. The van der Waals surface area contributed by atoms with Gasteiger partial charge in [-0.15, -0.1) is 0 Å². The molecule has 0 saturated heterocycles. The maximum absolute atomic E-state index is 17.2. The molecule has 4 aliphatic rings. The zero-order valence-corrected chi connectivity index (χ0v) is 29.3. The van der Waals surface area contributed by atoms with Gasteiger partial charge in [0.05, 0.1) is 18.6 Å². The van der Waals surface area contributed by atoms with Crippen molar-refractivity contribution in [3.63, 3.8) is 0 Å². The third-order valence-corrected chi connectivity index (χ3v) is 13.5. The summed E-state index contributed by atoms with van der Waals surface area (Å²) in [6, 6.07) is 9.28. The Balaban J connectivity index is 1.49. The van der Waals surface area contributed by atoms with Gasteiger partial charge in [-0.1, -0.05) is 97.1 Å². The van der Waals surface area contributed by atoms with Gasteiger partial charge in [0.2, 0.25) is 0 Å². The van der Waals surface area contributed by atoms with Gasteiger partial charge in [0.15, 0.2) is 0 Å². The Morgan fingerprint density at radius 3 is 2.33 bits per heavy atom. The molecule has 250 valence electrons. The fraction of sp³-hybridized carbons (Fsp3) is 0.750. The Kier molecular flexibility index (Phi) is 9.72. The van der Waals surface area contributed by atoms with Gasteiger partial charge < -0.3 is 9.47 Å². The predicted molar refractivity (Wildman–Crippen MR) is 178 cm³/mol. The first-order valence-corrected chi connectivity index (χ1v) is 18.0. The number of alkyl halides is 1. The molecular weight excluding hydrogens is 563 g/mol. The lowest BCUT2D eigenvalue weighted by Crippen LogP contribution is -2.57. The van der Waals surface area contributed by atoms with E-state index < -0.39 is 11.6 Å². The minimum atomic E-state index is -1.05. The van der Waals surface area contributed by atoms with Crippen LogP contribution in [0.15, 0.2) is 41.5 Å². The minimum Gasteiger partial charge on any atom is -0.466 e. The maximum atomic E-state index is 17.2. The summed E-state index contributed by atoms with van der Waals surface area (Å²) in [4.78, 5) is 26.5. The lowest BCUT2D eigenvalue weighted by molar-refractivity contribution is -0.150. The van der Waals surface area contributed by atoms with Crippen LogP contribution in [0.5, 0.6) is 0 Å². The second-order valence-electron chi connectivity index (χ2n) is 16.6. The van der Waals surface area contributed by atoms with Gasteiger partial charge in [0, 0.05) is 10.8 Å². The molecule has 45 heavy (non-hydrogen) atoms. The van der Waals surface area contributed by atoms with Crippen LogP contribution in [0.4, 0.5) is 4.39 Å². The van der Waals surface area contributed by atoms with E-state index in [1.54, 1.807) is 0 Å². The number of hydrogen-bond acceptors (Lipinski definition) is 4. The van der Waals surface area contributed by atoms with E-state index in [4.69, 9.17) is 9.47 Å². The molecule has 0 heterocycles. The normalized spacial score (nSPS) is 36.1. The highest BCUT2D eigenvalue weighted by Crippen LogP contribution is 2.74. The summed E-state index contributed by atoms with van der Waals surface area (Å²) in [5, 5.41) is 0. The molecule has 0 aliphatic heterocycles. The van der Waals surface area contributed by atoms with Crippen LogP contribution in [0.25, 0.3) is 0 Å². The number of fused-ring (bicyclic) bond motifs is 4. The highest BCUT2D eigenvalue weighted by Gasteiger charge is 2.69. The summed E-state index contributed by atoms with van der Waals surface area (Å²) >= 11 is 0. The standard InChI is InChI=1S/C40H59FO4/c1-9-44-35(42)25-40-30-18-19-32-37(5,6)34(45-36(43)28-16-11-10-12-17-28)21-22-38(32,7)29(30)20-23-39(40,8)31(24-33(40)41)27(4)15-13-14-26(2)3/h10-12,16-17,26-27,31-34H,9,13-15,18-25H2,1-8H3/t27-,31-,32?,33?,34+,38-,39-,40-/m1/s1. The summed E-state index contributed by atoms with van der Waals surface area (Å²) in [5.41, 5.74) is 1.82. The third-order valence-electron chi connectivity index (χ3n) is 13.5. The van der Waals surface area contributed by atoms with Gasteiger partial charge in [-0.3, -0.25) is 4.79 Å². The second-order valence-corrected chi connectivity index (χ2v) is 16.6. The monoisotopic (exact) mass is 622 g/mol. The van der Waals surface area contributed by atoms with Crippen LogP contribution in [0.2, 0.25) is 0 Å². The first-order chi connectivity index (χ1) is 21.2. The van der Waals surface area contributed by atoms with Gasteiger partial charge >= 0.3 is 11.9 Å². The zero-order chi connectivity index (χ0) is 32.8. The molecule has 0 amide bonds. The van der Waals surface area contributed by atoms with Crippen LogP contribution in [-0.2, 0) is 14.3 Å². The molecule has 1 aromatic rings. The fourth-order valence-electron chi connectivity index (χ4n) is 11.2. The molecular formula is C40H59FO4. The van der Waals surface area contributed by atoms with Crippen molar-refractivity contribution in [2.75, 3.05) is 6.61 Å². The smallest absolute Gasteiger partial charge is 0.338 e. The maximum Gasteiger partial charge on any atom is 0.338 e. The van der Waals surface area contributed by atoms with Crippen molar-refractivity contribution in [1.29, 1.82) is 0 Å². The molecule has 4 aliphatic carbocycles. The largest absolute Gasteiger partial charge is 0.466 e. The molecule has 5 rings (SSSR count). The van der Waals surface area contributed by atoms with Crippen LogP contribution in [0.1, 0.15) is 136 Å². The number of benzene rings is 1. The molecule has 2 unspecified atom stereocenters. The first kappa shape index (κ1) is 34.2. The van der Waals surface area contributed by atoms with E-state index in [0.717, 1.165) is 44.9 Å². The Labute approximate surface area is 272 Å². The zero-order valence-electron chi connectivity index (χ0n) is 29.3. The van der Waals surface area contributed by atoms with Crippen LogP contribution >= 0.6 is 0 Å². The van der Waals surface area contributed by atoms with Crippen molar-refractivity contribution in [1.82, 2.24) is 0 Å². The molecule has 0 aromatic heterocycles. The molecule has 0 spiro atoms. The van der Waals surface area contributed by atoms with Gasteiger partial charge in [0.25, 0.3) is 0 Å². The second kappa shape index (κ2) is 12.8. The minimum absolute atomic E-state index is 0.115. The van der Waals surface area contributed by atoms with Crippen LogP contribution in [0, 0.1) is 45.3 Å². The summed E-state index contributed by atoms with van der Waals surface area (Å²) in [5.74, 6) is 1.14.